The molecule has 0 spiro atoms. The van der Waals surface area contributed by atoms with Gasteiger partial charge in [0.2, 0.25) is 0 Å². The molecule has 0 saturated carbocycles. The van der Waals surface area contributed by atoms with Gasteiger partial charge in [-0.1, -0.05) is 24.3 Å². The number of ether oxygens (including phenoxy) is 2. The molecular formula is C21H17N5O5S. The maximum atomic E-state index is 12.3. The lowest BCUT2D eigenvalue weighted by molar-refractivity contribution is -0.119. The SMILES string of the molecule is O=C(COC(=O)c1ccc(=O)n(CCOc2ccccc2)n1)Nc1cccc2nsnc12. The first kappa shape index (κ1) is 21.1. The van der Waals surface area contributed by atoms with Crippen molar-refractivity contribution in [2.24, 2.45) is 0 Å². The van der Waals surface area contributed by atoms with Crippen LogP contribution in [0.5, 0.6) is 5.75 Å². The third-order valence-corrected chi connectivity index (χ3v) is 4.83. The normalized spacial score (nSPS) is 10.6. The summed E-state index contributed by atoms with van der Waals surface area (Å²) in [7, 11) is 0. The largest absolute Gasteiger partial charge is 0.492 e. The number of nitrogens with zero attached hydrogens (tertiary/aromatic N) is 4. The van der Waals surface area contributed by atoms with Crippen LogP contribution in [0.15, 0.2) is 65.5 Å². The topological polar surface area (TPSA) is 125 Å². The van der Waals surface area contributed by atoms with E-state index in [1.54, 1.807) is 30.3 Å². The van der Waals surface area contributed by atoms with Crippen LogP contribution in [0.25, 0.3) is 11.0 Å². The predicted octanol–water partition coefficient (Wildman–Crippen LogP) is 2.12. The van der Waals surface area contributed by atoms with Crippen LogP contribution in [0.4, 0.5) is 5.69 Å². The zero-order valence-electron chi connectivity index (χ0n) is 16.6. The van der Waals surface area contributed by atoms with Gasteiger partial charge < -0.3 is 14.8 Å². The average Bonchev–Trinajstić information content (AvgIpc) is 3.29. The van der Waals surface area contributed by atoms with Crippen molar-refractivity contribution in [3.63, 3.8) is 0 Å². The number of carbonyl (C=O) groups is 2. The highest BCUT2D eigenvalue weighted by Crippen LogP contribution is 2.20. The van der Waals surface area contributed by atoms with E-state index in [0.29, 0.717) is 22.5 Å². The van der Waals surface area contributed by atoms with Crippen LogP contribution >= 0.6 is 11.7 Å². The molecule has 2 heterocycles. The zero-order valence-corrected chi connectivity index (χ0v) is 17.4. The summed E-state index contributed by atoms with van der Waals surface area (Å²) < 4.78 is 19.9. The number of esters is 1. The lowest BCUT2D eigenvalue weighted by Crippen LogP contribution is -2.28. The molecule has 0 aliphatic heterocycles. The van der Waals surface area contributed by atoms with Crippen molar-refractivity contribution < 1.29 is 19.1 Å². The Hall–Kier alpha value is -4.12. The van der Waals surface area contributed by atoms with E-state index in [4.69, 9.17) is 9.47 Å². The van der Waals surface area contributed by atoms with Gasteiger partial charge in [0.05, 0.1) is 24.0 Å². The molecule has 4 rings (SSSR count). The maximum Gasteiger partial charge on any atom is 0.359 e. The summed E-state index contributed by atoms with van der Waals surface area (Å²) >= 11 is 1.03. The summed E-state index contributed by atoms with van der Waals surface area (Å²) in [5, 5.41) is 6.64. The summed E-state index contributed by atoms with van der Waals surface area (Å²) in [5.74, 6) is -0.707. The number of fused-ring (bicyclic) bond motifs is 1. The molecular weight excluding hydrogens is 434 g/mol. The molecule has 0 fully saturated rings. The number of hydrogen-bond donors (Lipinski definition) is 1. The minimum atomic E-state index is -0.827. The third-order valence-electron chi connectivity index (χ3n) is 4.29. The number of rotatable bonds is 8. The number of nitrogens with one attached hydrogen (secondary N) is 1. The van der Waals surface area contributed by atoms with E-state index in [9.17, 15) is 14.4 Å². The van der Waals surface area contributed by atoms with Crippen molar-refractivity contribution >= 4 is 40.3 Å². The van der Waals surface area contributed by atoms with Gasteiger partial charge in [-0.05, 0) is 30.3 Å². The molecule has 0 unspecified atom stereocenters. The van der Waals surface area contributed by atoms with Crippen LogP contribution in [-0.4, -0.2) is 43.6 Å². The number of anilines is 1. The molecule has 1 amide bonds. The number of carbonyl (C=O) groups excluding carboxylic acids is 2. The van der Waals surface area contributed by atoms with Crippen LogP contribution in [0, 0.1) is 0 Å². The molecule has 1 N–H and O–H groups in total. The van der Waals surface area contributed by atoms with Gasteiger partial charge in [-0.3, -0.25) is 9.59 Å². The Kier molecular flexibility index (Phi) is 6.46. The van der Waals surface area contributed by atoms with Crippen molar-refractivity contribution in [3.8, 4) is 5.75 Å². The number of aromatic nitrogens is 4. The molecule has 0 radical (unpaired) electrons. The molecule has 32 heavy (non-hydrogen) atoms. The van der Waals surface area contributed by atoms with Crippen molar-refractivity contribution in [3.05, 3.63) is 76.7 Å². The van der Waals surface area contributed by atoms with E-state index in [1.807, 2.05) is 18.2 Å². The van der Waals surface area contributed by atoms with E-state index < -0.39 is 18.5 Å². The van der Waals surface area contributed by atoms with Crippen molar-refractivity contribution in [1.29, 1.82) is 0 Å². The van der Waals surface area contributed by atoms with Crippen molar-refractivity contribution in [2.75, 3.05) is 18.5 Å². The Labute approximate surface area is 185 Å². The Balaban J connectivity index is 1.32. The number of amides is 1. The van der Waals surface area contributed by atoms with Crippen LogP contribution in [0.2, 0.25) is 0 Å². The fourth-order valence-corrected chi connectivity index (χ4v) is 3.33. The van der Waals surface area contributed by atoms with Gasteiger partial charge >= 0.3 is 5.97 Å². The van der Waals surface area contributed by atoms with Gasteiger partial charge in [0.25, 0.3) is 11.5 Å². The lowest BCUT2D eigenvalue weighted by atomic mass is 10.2. The summed E-state index contributed by atoms with van der Waals surface area (Å²) in [5.41, 5.74) is 1.21. The Bertz CT molecular complexity index is 1300. The molecule has 10 nitrogen and oxygen atoms in total. The monoisotopic (exact) mass is 451 g/mol. The molecule has 0 atom stereocenters. The van der Waals surface area contributed by atoms with Gasteiger partial charge in [-0.15, -0.1) is 0 Å². The summed E-state index contributed by atoms with van der Waals surface area (Å²) in [4.78, 5) is 36.5. The standard InChI is InChI=1S/C21H17N5O5S/c27-18(22-15-7-4-8-16-20(15)25-32-24-16)13-31-21(29)17-9-10-19(28)26(23-17)11-12-30-14-5-2-1-3-6-14/h1-10H,11-13H2,(H,22,27). The predicted molar refractivity (Wildman–Crippen MR) is 117 cm³/mol. The summed E-state index contributed by atoms with van der Waals surface area (Å²) in [6.45, 7) is -0.194. The molecule has 2 aromatic heterocycles. The number of para-hydroxylation sites is 1. The molecule has 0 bridgehead atoms. The lowest BCUT2D eigenvalue weighted by Gasteiger charge is -2.09. The fraction of sp³-hybridized carbons (Fsp3) is 0.143. The zero-order chi connectivity index (χ0) is 22.3. The first-order valence-electron chi connectivity index (χ1n) is 9.54. The van der Waals surface area contributed by atoms with Crippen molar-refractivity contribution in [2.45, 2.75) is 6.54 Å². The maximum absolute atomic E-state index is 12.3. The Morgan fingerprint density at radius 1 is 1.00 bits per heavy atom. The van der Waals surface area contributed by atoms with Gasteiger partial charge in [0.1, 0.15) is 23.4 Å². The summed E-state index contributed by atoms with van der Waals surface area (Å²) in [6, 6.07) is 16.8. The second kappa shape index (κ2) is 9.79. The third kappa shape index (κ3) is 5.13. The fourth-order valence-electron chi connectivity index (χ4n) is 2.78. The van der Waals surface area contributed by atoms with Gasteiger partial charge in [-0.2, -0.15) is 13.8 Å². The molecule has 4 aromatic rings. The highest BCUT2D eigenvalue weighted by atomic mass is 32.1. The van der Waals surface area contributed by atoms with E-state index in [2.05, 4.69) is 19.2 Å². The molecule has 0 aliphatic rings. The Morgan fingerprint density at radius 3 is 2.69 bits per heavy atom. The highest BCUT2D eigenvalue weighted by Gasteiger charge is 2.15. The molecule has 11 heteroatoms. The molecule has 2 aromatic carbocycles. The molecule has 162 valence electrons. The summed E-state index contributed by atoms with van der Waals surface area (Å²) in [6.07, 6.45) is 0. The number of hydrogen-bond acceptors (Lipinski definition) is 9. The molecule has 0 aliphatic carbocycles. The van der Waals surface area contributed by atoms with E-state index >= 15 is 0 Å². The van der Waals surface area contributed by atoms with Crippen LogP contribution in [-0.2, 0) is 16.1 Å². The quantitative estimate of drug-likeness (QED) is 0.404. The second-order valence-corrected chi connectivity index (χ2v) is 7.03. The first-order chi connectivity index (χ1) is 15.6. The Morgan fingerprint density at radius 2 is 1.84 bits per heavy atom. The number of benzene rings is 2. The van der Waals surface area contributed by atoms with E-state index in [1.165, 1.54) is 12.1 Å². The van der Waals surface area contributed by atoms with Crippen molar-refractivity contribution in [1.82, 2.24) is 18.5 Å². The van der Waals surface area contributed by atoms with Crippen LogP contribution < -0.4 is 15.6 Å². The van der Waals surface area contributed by atoms with Gasteiger partial charge in [0, 0.05) is 6.07 Å². The van der Waals surface area contributed by atoms with E-state index in [-0.39, 0.29) is 24.4 Å². The van der Waals surface area contributed by atoms with Gasteiger partial charge in [0.15, 0.2) is 12.3 Å². The van der Waals surface area contributed by atoms with E-state index in [0.717, 1.165) is 16.4 Å². The second-order valence-electron chi connectivity index (χ2n) is 6.50. The molecule has 0 saturated heterocycles. The first-order valence-corrected chi connectivity index (χ1v) is 10.3. The highest BCUT2D eigenvalue weighted by molar-refractivity contribution is 7.00. The minimum absolute atomic E-state index is 0.0945. The smallest absolute Gasteiger partial charge is 0.359 e. The van der Waals surface area contributed by atoms with Gasteiger partial charge in [-0.25, -0.2) is 9.48 Å². The van der Waals surface area contributed by atoms with Crippen LogP contribution in [0.3, 0.4) is 0 Å². The average molecular weight is 451 g/mol. The van der Waals surface area contributed by atoms with Crippen LogP contribution in [0.1, 0.15) is 10.5 Å². The minimum Gasteiger partial charge on any atom is -0.492 e.